The molecule has 88 valence electrons. The summed E-state index contributed by atoms with van der Waals surface area (Å²) in [7, 11) is 0. The van der Waals surface area contributed by atoms with Crippen LogP contribution in [0.4, 0.5) is 5.69 Å². The number of nitrogens with one attached hydrogen (secondary N) is 1. The highest BCUT2D eigenvalue weighted by Gasteiger charge is 2.06. The van der Waals surface area contributed by atoms with E-state index in [0.29, 0.717) is 23.6 Å². The van der Waals surface area contributed by atoms with Gasteiger partial charge in [-0.05, 0) is 12.1 Å². The van der Waals surface area contributed by atoms with E-state index in [1.165, 1.54) is 12.7 Å². The number of anilines is 1. The van der Waals surface area contributed by atoms with Crippen molar-refractivity contribution in [3.8, 4) is 0 Å². The number of para-hydroxylation sites is 1. The van der Waals surface area contributed by atoms with E-state index in [4.69, 9.17) is 16.0 Å². The van der Waals surface area contributed by atoms with Gasteiger partial charge in [-0.3, -0.25) is 4.79 Å². The molecule has 1 N–H and O–H groups in total. The molecule has 1 aromatic carbocycles. The van der Waals surface area contributed by atoms with E-state index >= 15 is 0 Å². The van der Waals surface area contributed by atoms with Gasteiger partial charge in [-0.2, -0.15) is 0 Å². The van der Waals surface area contributed by atoms with Gasteiger partial charge in [0.25, 0.3) is 0 Å². The van der Waals surface area contributed by atoms with Crippen LogP contribution in [0, 0.1) is 0 Å². The number of aryl methyl sites for hydroxylation is 1. The van der Waals surface area contributed by atoms with Gasteiger partial charge in [0.1, 0.15) is 6.26 Å². The first-order valence-corrected chi connectivity index (χ1v) is 5.55. The molecule has 0 aliphatic carbocycles. The van der Waals surface area contributed by atoms with Crippen LogP contribution in [0.2, 0.25) is 5.02 Å². The van der Waals surface area contributed by atoms with Gasteiger partial charge in [-0.15, -0.1) is 0 Å². The average molecular weight is 251 g/mol. The lowest BCUT2D eigenvalue weighted by atomic mass is 10.2. The Balaban J connectivity index is 1.87. The van der Waals surface area contributed by atoms with Crippen LogP contribution in [0.1, 0.15) is 12.1 Å². The van der Waals surface area contributed by atoms with Gasteiger partial charge in [0.15, 0.2) is 6.39 Å². The van der Waals surface area contributed by atoms with E-state index in [-0.39, 0.29) is 5.91 Å². The van der Waals surface area contributed by atoms with Crippen LogP contribution in [0.3, 0.4) is 0 Å². The molecule has 0 atom stereocenters. The standard InChI is InChI=1S/C12H11ClN2O2/c13-10-3-1-2-4-11(10)15-12(16)6-5-9-7-17-8-14-9/h1-4,7-8H,5-6H2,(H,15,16). The zero-order chi connectivity index (χ0) is 12.1. The molecule has 1 aromatic heterocycles. The SMILES string of the molecule is O=C(CCc1cocn1)Nc1ccccc1Cl. The number of amides is 1. The smallest absolute Gasteiger partial charge is 0.224 e. The quantitative estimate of drug-likeness (QED) is 0.908. The number of oxazole rings is 1. The second kappa shape index (κ2) is 5.50. The monoisotopic (exact) mass is 250 g/mol. The molecule has 0 bridgehead atoms. The highest BCUT2D eigenvalue weighted by atomic mass is 35.5. The second-order valence-electron chi connectivity index (χ2n) is 3.51. The number of aromatic nitrogens is 1. The van der Waals surface area contributed by atoms with Crippen LogP contribution < -0.4 is 5.32 Å². The molecule has 0 fully saturated rings. The Morgan fingerprint density at radius 3 is 2.94 bits per heavy atom. The summed E-state index contributed by atoms with van der Waals surface area (Å²) in [6.45, 7) is 0. The van der Waals surface area contributed by atoms with Crippen molar-refractivity contribution in [1.82, 2.24) is 4.98 Å². The van der Waals surface area contributed by atoms with Gasteiger partial charge in [-0.25, -0.2) is 4.98 Å². The molecule has 0 aliphatic heterocycles. The molecule has 17 heavy (non-hydrogen) atoms. The first-order valence-electron chi connectivity index (χ1n) is 5.17. The third kappa shape index (κ3) is 3.32. The maximum atomic E-state index is 11.6. The summed E-state index contributed by atoms with van der Waals surface area (Å²) < 4.78 is 4.82. The Labute approximate surface area is 104 Å². The molecule has 5 heteroatoms. The summed E-state index contributed by atoms with van der Waals surface area (Å²) in [6.07, 6.45) is 3.77. The lowest BCUT2D eigenvalue weighted by Gasteiger charge is -2.05. The van der Waals surface area contributed by atoms with Crippen molar-refractivity contribution in [1.29, 1.82) is 0 Å². The Morgan fingerprint density at radius 1 is 1.41 bits per heavy atom. The highest BCUT2D eigenvalue weighted by molar-refractivity contribution is 6.33. The number of carbonyl (C=O) groups is 1. The molecule has 0 spiro atoms. The van der Waals surface area contributed by atoms with Gasteiger partial charge in [0, 0.05) is 12.8 Å². The lowest BCUT2D eigenvalue weighted by Crippen LogP contribution is -2.12. The Bertz CT molecular complexity index is 497. The fourth-order valence-corrected chi connectivity index (χ4v) is 1.56. The molecule has 1 amide bonds. The van der Waals surface area contributed by atoms with Crippen LogP contribution >= 0.6 is 11.6 Å². The van der Waals surface area contributed by atoms with Gasteiger partial charge >= 0.3 is 0 Å². The molecule has 0 unspecified atom stereocenters. The summed E-state index contributed by atoms with van der Waals surface area (Å²) >= 11 is 5.93. The molecule has 1 heterocycles. The molecule has 0 saturated carbocycles. The van der Waals surface area contributed by atoms with Crippen LogP contribution in [0.25, 0.3) is 0 Å². The van der Waals surface area contributed by atoms with E-state index in [1.807, 2.05) is 12.1 Å². The second-order valence-corrected chi connectivity index (χ2v) is 3.92. The van der Waals surface area contributed by atoms with Crippen molar-refractivity contribution in [2.45, 2.75) is 12.8 Å². The predicted molar refractivity (Wildman–Crippen MR) is 64.9 cm³/mol. The van der Waals surface area contributed by atoms with E-state index in [0.717, 1.165) is 5.69 Å². The van der Waals surface area contributed by atoms with Crippen LogP contribution in [0.5, 0.6) is 0 Å². The molecular formula is C12H11ClN2O2. The molecule has 0 radical (unpaired) electrons. The normalized spacial score (nSPS) is 10.2. The largest absolute Gasteiger partial charge is 0.451 e. The van der Waals surface area contributed by atoms with Gasteiger partial charge in [-0.1, -0.05) is 23.7 Å². The van der Waals surface area contributed by atoms with Crippen molar-refractivity contribution in [3.63, 3.8) is 0 Å². The molecular weight excluding hydrogens is 240 g/mol. The number of benzene rings is 1. The summed E-state index contributed by atoms with van der Waals surface area (Å²) in [6, 6.07) is 7.12. The van der Waals surface area contributed by atoms with E-state index < -0.39 is 0 Å². The van der Waals surface area contributed by atoms with Gasteiger partial charge in [0.05, 0.1) is 16.4 Å². The van der Waals surface area contributed by atoms with Gasteiger partial charge < -0.3 is 9.73 Å². The molecule has 2 rings (SSSR count). The Kier molecular flexibility index (Phi) is 3.77. The number of hydrogen-bond acceptors (Lipinski definition) is 3. The fraction of sp³-hybridized carbons (Fsp3) is 0.167. The maximum Gasteiger partial charge on any atom is 0.224 e. The van der Waals surface area contributed by atoms with Crippen molar-refractivity contribution in [3.05, 3.63) is 47.6 Å². The zero-order valence-corrected chi connectivity index (χ0v) is 9.78. The maximum absolute atomic E-state index is 11.6. The van der Waals surface area contributed by atoms with E-state index in [9.17, 15) is 4.79 Å². The Hall–Kier alpha value is -1.81. The van der Waals surface area contributed by atoms with Crippen LogP contribution in [0.15, 0.2) is 41.3 Å². The van der Waals surface area contributed by atoms with Gasteiger partial charge in [0.2, 0.25) is 5.91 Å². The van der Waals surface area contributed by atoms with Crippen molar-refractivity contribution in [2.24, 2.45) is 0 Å². The Morgan fingerprint density at radius 2 is 2.24 bits per heavy atom. The predicted octanol–water partition coefficient (Wildman–Crippen LogP) is 2.90. The number of hydrogen-bond donors (Lipinski definition) is 1. The molecule has 0 aliphatic rings. The first-order chi connectivity index (χ1) is 8.25. The van der Waals surface area contributed by atoms with Crippen molar-refractivity contribution >= 4 is 23.2 Å². The van der Waals surface area contributed by atoms with E-state index in [1.54, 1.807) is 12.1 Å². The third-order valence-electron chi connectivity index (χ3n) is 2.24. The summed E-state index contributed by atoms with van der Waals surface area (Å²) in [5.41, 5.74) is 1.39. The number of halogens is 1. The molecule has 4 nitrogen and oxygen atoms in total. The molecule has 2 aromatic rings. The first kappa shape index (κ1) is 11.7. The molecule has 0 saturated heterocycles. The zero-order valence-electron chi connectivity index (χ0n) is 9.02. The van der Waals surface area contributed by atoms with Crippen molar-refractivity contribution in [2.75, 3.05) is 5.32 Å². The average Bonchev–Trinajstić information content (AvgIpc) is 2.82. The van der Waals surface area contributed by atoms with Crippen molar-refractivity contribution < 1.29 is 9.21 Å². The summed E-state index contributed by atoms with van der Waals surface area (Å²) in [5, 5.41) is 3.27. The van der Waals surface area contributed by atoms with Crippen LogP contribution in [-0.2, 0) is 11.2 Å². The number of rotatable bonds is 4. The van der Waals surface area contributed by atoms with E-state index in [2.05, 4.69) is 10.3 Å². The number of carbonyl (C=O) groups excluding carboxylic acids is 1. The fourth-order valence-electron chi connectivity index (χ4n) is 1.38. The minimum atomic E-state index is -0.0962. The summed E-state index contributed by atoms with van der Waals surface area (Å²) in [4.78, 5) is 15.6. The topological polar surface area (TPSA) is 55.1 Å². The lowest BCUT2D eigenvalue weighted by molar-refractivity contribution is -0.116. The summed E-state index contributed by atoms with van der Waals surface area (Å²) in [5.74, 6) is -0.0962. The van der Waals surface area contributed by atoms with Crippen LogP contribution in [-0.4, -0.2) is 10.9 Å². The number of nitrogens with zero attached hydrogens (tertiary/aromatic N) is 1. The minimum absolute atomic E-state index is 0.0962. The highest BCUT2D eigenvalue weighted by Crippen LogP contribution is 2.20. The minimum Gasteiger partial charge on any atom is -0.451 e. The third-order valence-corrected chi connectivity index (χ3v) is 2.57.